The Bertz CT molecular complexity index is 846. The Balaban J connectivity index is 1.71. The monoisotopic (exact) mass is 341 g/mol. The van der Waals surface area contributed by atoms with Crippen LogP contribution in [0.3, 0.4) is 0 Å². The second-order valence-electron chi connectivity index (χ2n) is 6.23. The summed E-state index contributed by atoms with van der Waals surface area (Å²) >= 11 is 1.69. The highest BCUT2D eigenvalue weighted by atomic mass is 32.1. The standard InChI is InChI=1S/C18H19N3O2S/c1-11-16(12(2)23-20-11)18(22)21-10-6-5-8-14(21)17-19-13-7-3-4-9-15(13)24-17/h3-4,7,9,14H,5-6,8,10H2,1-2H3. The molecule has 1 unspecified atom stereocenters. The average Bonchev–Trinajstić information content (AvgIpc) is 3.17. The Labute approximate surface area is 144 Å². The zero-order valence-corrected chi connectivity index (χ0v) is 14.6. The van der Waals surface area contributed by atoms with Gasteiger partial charge < -0.3 is 9.42 Å². The van der Waals surface area contributed by atoms with Crippen LogP contribution in [0, 0.1) is 13.8 Å². The maximum atomic E-state index is 13.1. The molecule has 1 amide bonds. The van der Waals surface area contributed by atoms with E-state index in [1.54, 1.807) is 18.3 Å². The molecule has 1 aliphatic rings. The van der Waals surface area contributed by atoms with Crippen LogP contribution in [0.1, 0.15) is 52.1 Å². The van der Waals surface area contributed by atoms with E-state index in [9.17, 15) is 4.79 Å². The number of rotatable bonds is 2. The molecule has 0 N–H and O–H groups in total. The molecule has 24 heavy (non-hydrogen) atoms. The lowest BCUT2D eigenvalue weighted by Crippen LogP contribution is -2.38. The number of thiazole rings is 1. The minimum atomic E-state index is 0.00945. The molecule has 0 aliphatic carbocycles. The molecular weight excluding hydrogens is 322 g/mol. The van der Waals surface area contributed by atoms with Crippen molar-refractivity contribution in [1.82, 2.24) is 15.0 Å². The summed E-state index contributed by atoms with van der Waals surface area (Å²) in [6.07, 6.45) is 3.09. The molecule has 1 saturated heterocycles. The summed E-state index contributed by atoms with van der Waals surface area (Å²) in [5, 5.41) is 4.95. The van der Waals surface area contributed by atoms with E-state index < -0.39 is 0 Å². The number of nitrogens with zero attached hydrogens (tertiary/aromatic N) is 3. The Hall–Kier alpha value is -2.21. The predicted octanol–water partition coefficient (Wildman–Crippen LogP) is 4.27. The molecule has 0 radical (unpaired) electrons. The van der Waals surface area contributed by atoms with Gasteiger partial charge in [-0.25, -0.2) is 4.98 Å². The number of likely N-dealkylation sites (tertiary alicyclic amines) is 1. The van der Waals surface area contributed by atoms with Crippen LogP contribution in [0.5, 0.6) is 0 Å². The quantitative estimate of drug-likeness (QED) is 0.698. The highest BCUT2D eigenvalue weighted by Crippen LogP contribution is 2.36. The molecule has 1 aliphatic heterocycles. The fourth-order valence-corrected chi connectivity index (χ4v) is 4.51. The largest absolute Gasteiger partial charge is 0.361 e. The number of piperidine rings is 1. The third-order valence-electron chi connectivity index (χ3n) is 4.61. The minimum absolute atomic E-state index is 0.00945. The van der Waals surface area contributed by atoms with E-state index in [1.165, 1.54) is 4.70 Å². The van der Waals surface area contributed by atoms with E-state index in [4.69, 9.17) is 9.51 Å². The van der Waals surface area contributed by atoms with Crippen LogP contribution in [0.25, 0.3) is 10.2 Å². The van der Waals surface area contributed by atoms with E-state index in [0.29, 0.717) is 17.0 Å². The second-order valence-corrected chi connectivity index (χ2v) is 7.29. The number of fused-ring (bicyclic) bond motifs is 1. The van der Waals surface area contributed by atoms with Crippen molar-refractivity contribution in [3.05, 3.63) is 46.3 Å². The highest BCUT2D eigenvalue weighted by Gasteiger charge is 2.33. The van der Waals surface area contributed by atoms with Crippen molar-refractivity contribution < 1.29 is 9.32 Å². The Kier molecular flexibility index (Phi) is 3.84. The van der Waals surface area contributed by atoms with Crippen LogP contribution < -0.4 is 0 Å². The lowest BCUT2D eigenvalue weighted by Gasteiger charge is -2.34. The maximum absolute atomic E-state index is 13.1. The number of para-hydroxylation sites is 1. The first-order chi connectivity index (χ1) is 11.6. The van der Waals surface area contributed by atoms with Gasteiger partial charge in [0.25, 0.3) is 5.91 Å². The van der Waals surface area contributed by atoms with Gasteiger partial charge in [-0.2, -0.15) is 0 Å². The van der Waals surface area contributed by atoms with E-state index >= 15 is 0 Å². The molecule has 124 valence electrons. The second kappa shape index (κ2) is 6.02. The number of hydrogen-bond acceptors (Lipinski definition) is 5. The van der Waals surface area contributed by atoms with Crippen molar-refractivity contribution in [1.29, 1.82) is 0 Å². The van der Waals surface area contributed by atoms with Gasteiger partial charge >= 0.3 is 0 Å². The van der Waals surface area contributed by atoms with Gasteiger partial charge in [-0.05, 0) is 45.2 Å². The SMILES string of the molecule is Cc1noc(C)c1C(=O)N1CCCCC1c1nc2ccccc2s1. The predicted molar refractivity (Wildman–Crippen MR) is 93.2 cm³/mol. The summed E-state index contributed by atoms with van der Waals surface area (Å²) in [7, 11) is 0. The molecule has 5 nitrogen and oxygen atoms in total. The van der Waals surface area contributed by atoms with Gasteiger partial charge in [-0.1, -0.05) is 17.3 Å². The van der Waals surface area contributed by atoms with Crippen molar-refractivity contribution in [2.45, 2.75) is 39.2 Å². The van der Waals surface area contributed by atoms with Crippen LogP contribution in [0.15, 0.2) is 28.8 Å². The molecule has 0 saturated carbocycles. The first-order valence-corrected chi connectivity index (χ1v) is 9.06. The summed E-state index contributed by atoms with van der Waals surface area (Å²) < 4.78 is 6.35. The van der Waals surface area contributed by atoms with Crippen LogP contribution in [0.4, 0.5) is 0 Å². The summed E-state index contributed by atoms with van der Waals surface area (Å²) in [5.74, 6) is 0.598. The fraction of sp³-hybridized carbons (Fsp3) is 0.389. The fourth-order valence-electron chi connectivity index (χ4n) is 3.40. The zero-order valence-electron chi connectivity index (χ0n) is 13.8. The summed E-state index contributed by atoms with van der Waals surface area (Å²) in [6, 6.07) is 8.17. The van der Waals surface area contributed by atoms with Crippen molar-refractivity contribution in [3.8, 4) is 0 Å². The molecule has 0 bridgehead atoms. The third-order valence-corrected chi connectivity index (χ3v) is 5.74. The zero-order chi connectivity index (χ0) is 16.7. The molecule has 1 aromatic carbocycles. The smallest absolute Gasteiger partial charge is 0.259 e. The van der Waals surface area contributed by atoms with Crippen LogP contribution >= 0.6 is 11.3 Å². The van der Waals surface area contributed by atoms with Gasteiger partial charge in [-0.15, -0.1) is 11.3 Å². The van der Waals surface area contributed by atoms with E-state index in [-0.39, 0.29) is 11.9 Å². The molecule has 4 rings (SSSR count). The van der Waals surface area contributed by atoms with Crippen molar-refractivity contribution in [2.24, 2.45) is 0 Å². The van der Waals surface area contributed by atoms with E-state index in [0.717, 1.165) is 36.3 Å². The van der Waals surface area contributed by atoms with Crippen molar-refractivity contribution >= 4 is 27.5 Å². The molecule has 1 atom stereocenters. The van der Waals surface area contributed by atoms with Crippen LogP contribution in [-0.4, -0.2) is 27.5 Å². The first kappa shape index (κ1) is 15.3. The summed E-state index contributed by atoms with van der Waals surface area (Å²) in [5.41, 5.74) is 2.27. The number of hydrogen-bond donors (Lipinski definition) is 0. The topological polar surface area (TPSA) is 59.2 Å². The molecule has 3 aromatic rings. The maximum Gasteiger partial charge on any atom is 0.259 e. The lowest BCUT2D eigenvalue weighted by atomic mass is 10.0. The highest BCUT2D eigenvalue weighted by molar-refractivity contribution is 7.18. The minimum Gasteiger partial charge on any atom is -0.361 e. The van der Waals surface area contributed by atoms with Crippen molar-refractivity contribution in [2.75, 3.05) is 6.54 Å². The summed E-state index contributed by atoms with van der Waals surface area (Å²) in [4.78, 5) is 19.8. The number of benzene rings is 1. The Morgan fingerprint density at radius 2 is 2.12 bits per heavy atom. The Morgan fingerprint density at radius 3 is 2.88 bits per heavy atom. The molecular formula is C18H19N3O2S. The van der Waals surface area contributed by atoms with Gasteiger partial charge in [-0.3, -0.25) is 4.79 Å². The number of amides is 1. The van der Waals surface area contributed by atoms with Crippen molar-refractivity contribution in [3.63, 3.8) is 0 Å². The molecule has 6 heteroatoms. The van der Waals surface area contributed by atoms with Gasteiger partial charge in [0.2, 0.25) is 0 Å². The molecule has 0 spiro atoms. The summed E-state index contributed by atoms with van der Waals surface area (Å²) in [6.45, 7) is 4.37. The van der Waals surface area contributed by atoms with Crippen LogP contribution in [0.2, 0.25) is 0 Å². The average molecular weight is 341 g/mol. The third kappa shape index (κ3) is 2.51. The number of carbonyl (C=O) groups excluding carboxylic acids is 1. The molecule has 1 fully saturated rings. The van der Waals surface area contributed by atoms with Gasteiger partial charge in [0.1, 0.15) is 16.3 Å². The van der Waals surface area contributed by atoms with Gasteiger partial charge in [0, 0.05) is 6.54 Å². The first-order valence-electron chi connectivity index (χ1n) is 8.24. The molecule has 3 heterocycles. The lowest BCUT2D eigenvalue weighted by molar-refractivity contribution is 0.0609. The number of aromatic nitrogens is 2. The Morgan fingerprint density at radius 1 is 1.29 bits per heavy atom. The number of carbonyl (C=O) groups is 1. The van der Waals surface area contributed by atoms with Crippen LogP contribution in [-0.2, 0) is 0 Å². The van der Waals surface area contributed by atoms with E-state index in [1.807, 2.05) is 30.0 Å². The normalized spacial score (nSPS) is 18.2. The van der Waals surface area contributed by atoms with E-state index in [2.05, 4.69) is 11.2 Å². The van der Waals surface area contributed by atoms with Gasteiger partial charge in [0.15, 0.2) is 0 Å². The number of aryl methyl sites for hydroxylation is 2. The van der Waals surface area contributed by atoms with Gasteiger partial charge in [0.05, 0.1) is 22.0 Å². The molecule has 2 aromatic heterocycles.